The van der Waals surface area contributed by atoms with Gasteiger partial charge in [-0.15, -0.1) is 12.4 Å². The highest BCUT2D eigenvalue weighted by molar-refractivity contribution is 6.42. The number of nitrogens with one attached hydrogen (secondary N) is 1. The Hall–Kier alpha value is -1.26. The topological polar surface area (TPSA) is 55.1 Å². The summed E-state index contributed by atoms with van der Waals surface area (Å²) in [5.41, 5.74) is 9.12. The number of carbonyl (C=O) groups is 1. The fourth-order valence-electron chi connectivity index (χ4n) is 2.56. The Labute approximate surface area is 171 Å². The molecule has 0 bridgehead atoms. The van der Waals surface area contributed by atoms with E-state index in [1.807, 2.05) is 24.3 Å². The number of benzene rings is 2. The van der Waals surface area contributed by atoms with E-state index in [1.165, 1.54) is 0 Å². The number of halogens is 3. The molecule has 6 heteroatoms. The molecule has 0 heterocycles. The van der Waals surface area contributed by atoms with E-state index in [0.717, 1.165) is 42.4 Å². The molecule has 2 aromatic rings. The first-order valence-electron chi connectivity index (χ1n) is 8.59. The van der Waals surface area contributed by atoms with Gasteiger partial charge in [0, 0.05) is 6.54 Å². The lowest BCUT2D eigenvalue weighted by Gasteiger charge is -2.12. The third-order valence-corrected chi connectivity index (χ3v) is 4.86. The number of hydrogen-bond acceptors (Lipinski definition) is 2. The van der Waals surface area contributed by atoms with Crippen molar-refractivity contribution in [1.29, 1.82) is 0 Å². The lowest BCUT2D eigenvalue weighted by Crippen LogP contribution is -2.41. The minimum absolute atomic E-state index is 0. The first-order chi connectivity index (χ1) is 12.0. The lowest BCUT2D eigenvalue weighted by molar-refractivity contribution is -0.122. The van der Waals surface area contributed by atoms with Crippen LogP contribution in [-0.2, 0) is 11.2 Å². The molecule has 1 amide bonds. The van der Waals surface area contributed by atoms with E-state index in [9.17, 15) is 4.79 Å². The zero-order valence-corrected chi connectivity index (χ0v) is 17.1. The van der Waals surface area contributed by atoms with Gasteiger partial charge in [0.25, 0.3) is 0 Å². The molecule has 0 aliphatic rings. The molecule has 1 atom stereocenters. The van der Waals surface area contributed by atoms with Crippen molar-refractivity contribution in [2.45, 2.75) is 38.6 Å². The Morgan fingerprint density at radius 3 is 2.35 bits per heavy atom. The predicted molar refractivity (Wildman–Crippen MR) is 113 cm³/mol. The molecule has 3 nitrogen and oxygen atoms in total. The van der Waals surface area contributed by atoms with Gasteiger partial charge in [0.15, 0.2) is 0 Å². The van der Waals surface area contributed by atoms with Crippen LogP contribution in [-0.4, -0.2) is 18.5 Å². The van der Waals surface area contributed by atoms with Crippen LogP contribution in [0, 0.1) is 0 Å². The summed E-state index contributed by atoms with van der Waals surface area (Å²) in [6.45, 7) is 2.68. The molecule has 0 spiro atoms. The van der Waals surface area contributed by atoms with Gasteiger partial charge in [0.05, 0.1) is 16.1 Å². The second-order valence-electron chi connectivity index (χ2n) is 6.12. The van der Waals surface area contributed by atoms with E-state index in [2.05, 4.69) is 24.4 Å². The van der Waals surface area contributed by atoms with Crippen LogP contribution in [0.15, 0.2) is 42.5 Å². The zero-order chi connectivity index (χ0) is 18.2. The molecule has 0 saturated heterocycles. The fraction of sp³-hybridized carbons (Fsp3) is 0.350. The van der Waals surface area contributed by atoms with Crippen LogP contribution >= 0.6 is 35.6 Å². The van der Waals surface area contributed by atoms with Gasteiger partial charge in [-0.3, -0.25) is 4.79 Å². The van der Waals surface area contributed by atoms with Gasteiger partial charge in [0.1, 0.15) is 0 Å². The Kier molecular flexibility index (Phi) is 10.0. The maximum atomic E-state index is 11.9. The maximum absolute atomic E-state index is 11.9. The number of carbonyl (C=O) groups excluding carboxylic acids is 1. The van der Waals surface area contributed by atoms with Gasteiger partial charge in [-0.2, -0.15) is 0 Å². The first-order valence-corrected chi connectivity index (χ1v) is 9.34. The summed E-state index contributed by atoms with van der Waals surface area (Å²) in [4.78, 5) is 11.9. The highest BCUT2D eigenvalue weighted by atomic mass is 35.5. The molecule has 0 fully saturated rings. The molecule has 1 unspecified atom stereocenters. The summed E-state index contributed by atoms with van der Waals surface area (Å²) in [7, 11) is 0. The number of amides is 1. The van der Waals surface area contributed by atoms with Gasteiger partial charge in [-0.25, -0.2) is 0 Å². The molecule has 3 N–H and O–H groups in total. The van der Waals surface area contributed by atoms with E-state index in [-0.39, 0.29) is 18.3 Å². The smallest absolute Gasteiger partial charge is 0.236 e. The fourth-order valence-corrected chi connectivity index (χ4v) is 2.85. The van der Waals surface area contributed by atoms with Gasteiger partial charge in [0.2, 0.25) is 5.91 Å². The summed E-state index contributed by atoms with van der Waals surface area (Å²) in [5, 5.41) is 4.00. The monoisotopic (exact) mass is 414 g/mol. The highest BCUT2D eigenvalue weighted by Gasteiger charge is 2.11. The molecular weight excluding hydrogens is 391 g/mol. The number of rotatable bonds is 8. The summed E-state index contributed by atoms with van der Waals surface area (Å²) >= 11 is 12.0. The summed E-state index contributed by atoms with van der Waals surface area (Å²) in [5.74, 6) is -0.0686. The third kappa shape index (κ3) is 6.81. The lowest BCUT2D eigenvalue weighted by atomic mass is 10.0. The third-order valence-electron chi connectivity index (χ3n) is 4.13. The molecular formula is C20H25Cl3N2O. The largest absolute Gasteiger partial charge is 0.354 e. The normalized spacial score (nSPS) is 11.5. The minimum atomic E-state index is -0.406. The Morgan fingerprint density at radius 1 is 1.08 bits per heavy atom. The second-order valence-corrected chi connectivity index (χ2v) is 6.93. The Balaban J connectivity index is 0.00000338. The quantitative estimate of drug-likeness (QED) is 0.618. The Morgan fingerprint density at radius 2 is 1.73 bits per heavy atom. The van der Waals surface area contributed by atoms with Crippen LogP contribution in [0.25, 0.3) is 11.1 Å². The van der Waals surface area contributed by atoms with Crippen LogP contribution in [0.1, 0.15) is 31.7 Å². The van der Waals surface area contributed by atoms with Crippen molar-refractivity contribution in [3.05, 3.63) is 58.1 Å². The van der Waals surface area contributed by atoms with Crippen LogP contribution < -0.4 is 11.1 Å². The molecule has 26 heavy (non-hydrogen) atoms. The highest BCUT2D eigenvalue weighted by Crippen LogP contribution is 2.28. The van der Waals surface area contributed by atoms with Crippen LogP contribution in [0.3, 0.4) is 0 Å². The van der Waals surface area contributed by atoms with Crippen molar-refractivity contribution in [3.63, 3.8) is 0 Å². The molecule has 142 valence electrons. The molecule has 0 aromatic heterocycles. The van der Waals surface area contributed by atoms with Crippen molar-refractivity contribution in [1.82, 2.24) is 5.32 Å². The molecule has 0 radical (unpaired) electrons. The van der Waals surface area contributed by atoms with Crippen molar-refractivity contribution in [3.8, 4) is 11.1 Å². The zero-order valence-electron chi connectivity index (χ0n) is 14.8. The summed E-state index contributed by atoms with van der Waals surface area (Å²) in [6.07, 6.45) is 3.53. The van der Waals surface area contributed by atoms with Gasteiger partial charge in [-0.1, -0.05) is 73.3 Å². The van der Waals surface area contributed by atoms with Gasteiger partial charge in [-0.05, 0) is 41.7 Å². The van der Waals surface area contributed by atoms with Gasteiger partial charge >= 0.3 is 0 Å². The number of unbranched alkanes of at least 4 members (excludes halogenated alkanes) is 1. The number of nitrogens with two attached hydrogens (primary N) is 1. The standard InChI is InChI=1S/C20H24Cl2N2O.ClH/c1-2-3-4-19(23)20(25)24-12-11-14-5-7-15(8-6-14)16-9-10-17(21)18(22)13-16;/h5-10,13,19H,2-4,11-12,23H2,1H3,(H,24,25);1H. The van der Waals surface area contributed by atoms with E-state index >= 15 is 0 Å². The van der Waals surface area contributed by atoms with Crippen LogP contribution in [0.2, 0.25) is 10.0 Å². The van der Waals surface area contributed by atoms with Crippen molar-refractivity contribution >= 4 is 41.5 Å². The van der Waals surface area contributed by atoms with Crippen molar-refractivity contribution in [2.24, 2.45) is 5.73 Å². The molecule has 2 aromatic carbocycles. The first kappa shape index (κ1) is 22.8. The summed E-state index contributed by atoms with van der Waals surface area (Å²) < 4.78 is 0. The minimum Gasteiger partial charge on any atom is -0.354 e. The summed E-state index contributed by atoms with van der Waals surface area (Å²) in [6, 6.07) is 13.4. The molecule has 0 aliphatic heterocycles. The predicted octanol–water partition coefficient (Wildman–Crippen LogP) is 5.26. The number of hydrogen-bond donors (Lipinski definition) is 2. The van der Waals surface area contributed by atoms with E-state index in [0.29, 0.717) is 16.6 Å². The molecule has 2 rings (SSSR count). The van der Waals surface area contributed by atoms with Crippen LogP contribution in [0.5, 0.6) is 0 Å². The Bertz CT molecular complexity index is 705. The van der Waals surface area contributed by atoms with E-state index in [1.54, 1.807) is 6.07 Å². The van der Waals surface area contributed by atoms with Crippen molar-refractivity contribution in [2.75, 3.05) is 6.54 Å². The van der Waals surface area contributed by atoms with E-state index < -0.39 is 6.04 Å². The van der Waals surface area contributed by atoms with E-state index in [4.69, 9.17) is 28.9 Å². The maximum Gasteiger partial charge on any atom is 0.236 e. The average Bonchev–Trinajstić information content (AvgIpc) is 2.62. The molecule has 0 aliphatic carbocycles. The second kappa shape index (κ2) is 11.5. The van der Waals surface area contributed by atoms with Crippen molar-refractivity contribution < 1.29 is 4.79 Å². The van der Waals surface area contributed by atoms with Crippen LogP contribution in [0.4, 0.5) is 0 Å². The SMILES string of the molecule is CCCCC(N)C(=O)NCCc1ccc(-c2ccc(Cl)c(Cl)c2)cc1.Cl. The average molecular weight is 416 g/mol. The van der Waals surface area contributed by atoms with Gasteiger partial charge < -0.3 is 11.1 Å². The molecule has 0 saturated carbocycles.